The zero-order valence-corrected chi connectivity index (χ0v) is 11.9. The van der Waals surface area contributed by atoms with Crippen LogP contribution >= 0.6 is 0 Å². The topological polar surface area (TPSA) is 55.4 Å². The lowest BCUT2D eigenvalue weighted by Crippen LogP contribution is -2.49. The van der Waals surface area contributed by atoms with Gasteiger partial charge in [0.05, 0.1) is 29.3 Å². The number of hydrogen-bond donors (Lipinski definition) is 1. The molecule has 0 aliphatic carbocycles. The average Bonchev–Trinajstić information content (AvgIpc) is 2.16. The Balaban J connectivity index is 4.61. The van der Waals surface area contributed by atoms with E-state index in [9.17, 15) is 9.00 Å². The van der Waals surface area contributed by atoms with Crippen molar-refractivity contribution in [2.75, 3.05) is 7.11 Å². The molecule has 0 aliphatic rings. The van der Waals surface area contributed by atoms with Crippen molar-refractivity contribution in [2.24, 2.45) is 0 Å². The van der Waals surface area contributed by atoms with Gasteiger partial charge in [-0.3, -0.25) is 4.79 Å². The third-order valence-electron chi connectivity index (χ3n) is 2.44. The van der Waals surface area contributed by atoms with Gasteiger partial charge in [-0.2, -0.15) is 0 Å². The largest absolute Gasteiger partial charge is 0.469 e. The Morgan fingerprint density at radius 2 is 1.81 bits per heavy atom. The second kappa shape index (κ2) is 5.77. The summed E-state index contributed by atoms with van der Waals surface area (Å²) in [6, 6.07) is 0. The van der Waals surface area contributed by atoms with Crippen LogP contribution in [0, 0.1) is 0 Å². The van der Waals surface area contributed by atoms with Gasteiger partial charge >= 0.3 is 5.97 Å². The van der Waals surface area contributed by atoms with Crippen molar-refractivity contribution in [1.29, 1.82) is 0 Å². The predicted octanol–water partition coefficient (Wildman–Crippen LogP) is 1.77. The Kier molecular flexibility index (Phi) is 5.62. The van der Waals surface area contributed by atoms with Gasteiger partial charge in [0.1, 0.15) is 0 Å². The average molecular weight is 249 g/mol. The van der Waals surface area contributed by atoms with E-state index in [-0.39, 0.29) is 17.1 Å². The van der Waals surface area contributed by atoms with E-state index in [1.807, 2.05) is 34.6 Å². The molecule has 96 valence electrons. The first-order valence-electron chi connectivity index (χ1n) is 5.41. The molecule has 0 aliphatic heterocycles. The van der Waals surface area contributed by atoms with Crippen molar-refractivity contribution in [1.82, 2.24) is 4.72 Å². The summed E-state index contributed by atoms with van der Waals surface area (Å²) in [6.07, 6.45) is 0.936. The fourth-order valence-corrected chi connectivity index (χ4v) is 1.97. The van der Waals surface area contributed by atoms with Crippen molar-refractivity contribution in [2.45, 2.75) is 57.7 Å². The van der Waals surface area contributed by atoms with Crippen molar-refractivity contribution >= 4 is 17.0 Å². The molecule has 0 bridgehead atoms. The van der Waals surface area contributed by atoms with E-state index in [2.05, 4.69) is 9.46 Å². The summed E-state index contributed by atoms with van der Waals surface area (Å²) < 4.78 is 19.3. The lowest BCUT2D eigenvalue weighted by Gasteiger charge is -2.31. The fourth-order valence-electron chi connectivity index (χ4n) is 1.00. The van der Waals surface area contributed by atoms with Crippen molar-refractivity contribution in [3.63, 3.8) is 0 Å². The summed E-state index contributed by atoms with van der Waals surface area (Å²) in [5.74, 6) is -0.289. The Morgan fingerprint density at radius 3 is 2.12 bits per heavy atom. The highest BCUT2D eigenvalue weighted by atomic mass is 32.2. The maximum atomic E-state index is 12.0. The van der Waals surface area contributed by atoms with Gasteiger partial charge in [0.15, 0.2) is 0 Å². The molecular weight excluding hydrogens is 226 g/mol. The number of nitrogens with one attached hydrogen (secondary N) is 1. The third-order valence-corrected chi connectivity index (χ3v) is 4.23. The van der Waals surface area contributed by atoms with Gasteiger partial charge in [0.25, 0.3) is 0 Å². The van der Waals surface area contributed by atoms with E-state index in [0.29, 0.717) is 6.42 Å². The summed E-state index contributed by atoms with van der Waals surface area (Å²) >= 11 is 0. The normalized spacial score (nSPS) is 17.6. The fraction of sp³-hybridized carbons (Fsp3) is 0.909. The maximum Gasteiger partial charge on any atom is 0.307 e. The second-order valence-electron chi connectivity index (χ2n) is 5.15. The SMILES string of the molecule is CC[C@](C)(CC(=O)OC)N[S@@](=O)C(C)(C)C. The number of ether oxygens (including phenoxy) is 1. The van der Waals surface area contributed by atoms with Crippen LogP contribution in [-0.4, -0.2) is 27.6 Å². The Hall–Kier alpha value is -0.420. The van der Waals surface area contributed by atoms with Gasteiger partial charge in [-0.1, -0.05) is 6.92 Å². The summed E-state index contributed by atoms with van der Waals surface area (Å²) in [6.45, 7) is 9.52. The summed E-state index contributed by atoms with van der Waals surface area (Å²) in [7, 11) is 0.177. The number of rotatable bonds is 5. The molecule has 0 amide bonds. The second-order valence-corrected chi connectivity index (χ2v) is 7.12. The van der Waals surface area contributed by atoms with Crippen LogP contribution in [0.15, 0.2) is 0 Å². The summed E-state index contributed by atoms with van der Waals surface area (Å²) in [5.41, 5.74) is -0.481. The zero-order valence-electron chi connectivity index (χ0n) is 11.0. The van der Waals surface area contributed by atoms with E-state index in [1.54, 1.807) is 0 Å². The van der Waals surface area contributed by atoms with Gasteiger partial charge < -0.3 is 4.74 Å². The van der Waals surface area contributed by atoms with Crippen LogP contribution in [0.2, 0.25) is 0 Å². The molecule has 0 aromatic rings. The van der Waals surface area contributed by atoms with Gasteiger partial charge in [-0.05, 0) is 34.1 Å². The number of carbonyl (C=O) groups is 1. The molecule has 5 heteroatoms. The van der Waals surface area contributed by atoms with Crippen LogP contribution in [0.25, 0.3) is 0 Å². The molecule has 0 fully saturated rings. The van der Waals surface area contributed by atoms with Gasteiger partial charge in [0, 0.05) is 5.54 Å². The first-order valence-corrected chi connectivity index (χ1v) is 6.56. The minimum Gasteiger partial charge on any atom is -0.469 e. The molecule has 1 N–H and O–H groups in total. The van der Waals surface area contributed by atoms with Gasteiger partial charge in [-0.25, -0.2) is 8.93 Å². The van der Waals surface area contributed by atoms with Crippen LogP contribution in [0.4, 0.5) is 0 Å². The summed E-state index contributed by atoms with van der Waals surface area (Å²) in [4.78, 5) is 11.3. The molecule has 4 nitrogen and oxygen atoms in total. The van der Waals surface area contributed by atoms with E-state index in [1.165, 1.54) is 7.11 Å². The highest BCUT2D eigenvalue weighted by Crippen LogP contribution is 2.19. The van der Waals surface area contributed by atoms with Crippen LogP contribution in [0.3, 0.4) is 0 Å². The van der Waals surface area contributed by atoms with Crippen LogP contribution in [0.5, 0.6) is 0 Å². The molecule has 2 atom stereocenters. The molecule has 0 heterocycles. The van der Waals surface area contributed by atoms with E-state index >= 15 is 0 Å². The Bertz CT molecular complexity index is 273. The minimum atomic E-state index is -1.18. The monoisotopic (exact) mass is 249 g/mol. The smallest absolute Gasteiger partial charge is 0.307 e. The Morgan fingerprint density at radius 1 is 1.31 bits per heavy atom. The molecule has 0 aromatic carbocycles. The number of methoxy groups -OCH3 is 1. The number of hydrogen-bond acceptors (Lipinski definition) is 3. The van der Waals surface area contributed by atoms with Crippen molar-refractivity contribution in [3.8, 4) is 0 Å². The predicted molar refractivity (Wildman–Crippen MR) is 66.4 cm³/mol. The van der Waals surface area contributed by atoms with Gasteiger partial charge in [0.2, 0.25) is 0 Å². The molecule has 0 rings (SSSR count). The third kappa shape index (κ3) is 5.07. The first kappa shape index (κ1) is 15.6. The lowest BCUT2D eigenvalue weighted by atomic mass is 9.96. The number of carbonyl (C=O) groups excluding carboxylic acids is 1. The highest BCUT2D eigenvalue weighted by molar-refractivity contribution is 7.84. The van der Waals surface area contributed by atoms with Crippen LogP contribution in [-0.2, 0) is 20.5 Å². The molecule has 0 aromatic heterocycles. The standard InChI is InChI=1S/C11H23NO3S/c1-7-11(5,8-9(13)15-6)12-16(14)10(2,3)4/h12H,7-8H2,1-6H3/t11-,16+/m1/s1. The van der Waals surface area contributed by atoms with E-state index < -0.39 is 16.5 Å². The van der Waals surface area contributed by atoms with Crippen LogP contribution in [0.1, 0.15) is 47.5 Å². The Labute approximate surface area is 101 Å². The molecule has 0 saturated heterocycles. The highest BCUT2D eigenvalue weighted by Gasteiger charge is 2.31. The van der Waals surface area contributed by atoms with Gasteiger partial charge in [-0.15, -0.1) is 0 Å². The first-order chi connectivity index (χ1) is 7.14. The molecule has 0 unspecified atom stereocenters. The molecule has 0 radical (unpaired) electrons. The zero-order chi connectivity index (χ0) is 13.0. The number of esters is 1. The molecule has 0 saturated carbocycles. The minimum absolute atomic E-state index is 0.224. The molecule has 16 heavy (non-hydrogen) atoms. The van der Waals surface area contributed by atoms with E-state index in [0.717, 1.165) is 0 Å². The summed E-state index contributed by atoms with van der Waals surface area (Å²) in [5, 5.41) is 0. The van der Waals surface area contributed by atoms with Crippen molar-refractivity contribution in [3.05, 3.63) is 0 Å². The lowest BCUT2D eigenvalue weighted by molar-refractivity contribution is -0.142. The maximum absolute atomic E-state index is 12.0. The van der Waals surface area contributed by atoms with Crippen molar-refractivity contribution < 1.29 is 13.7 Å². The molecular formula is C11H23NO3S. The van der Waals surface area contributed by atoms with Crippen LogP contribution < -0.4 is 4.72 Å². The molecule has 0 spiro atoms. The van der Waals surface area contributed by atoms with E-state index in [4.69, 9.17) is 0 Å². The quantitative estimate of drug-likeness (QED) is 0.756.